The van der Waals surface area contributed by atoms with Gasteiger partial charge in [-0.3, -0.25) is 0 Å². The maximum absolute atomic E-state index is 9.61. The lowest BCUT2D eigenvalue weighted by Gasteiger charge is -2.09. The number of nitrogens with zero attached hydrogens (tertiary/aromatic N) is 3. The molecule has 0 fully saturated rings. The third-order valence-corrected chi connectivity index (χ3v) is 1.85. The lowest BCUT2D eigenvalue weighted by molar-refractivity contribution is 0.155. The molecule has 5 nitrogen and oxygen atoms in total. The minimum absolute atomic E-state index is 0.458. The molecule has 1 atom stereocenters. The first-order valence-corrected chi connectivity index (χ1v) is 4.55. The monoisotopic (exact) mass is 184 g/mol. The first kappa shape index (κ1) is 10.1. The largest absolute Gasteiger partial charge is 0.385 e. The molecule has 5 heteroatoms. The average Bonchev–Trinajstić information content (AvgIpc) is 2.54. The van der Waals surface area contributed by atoms with E-state index >= 15 is 0 Å². The number of hydrogen-bond acceptors (Lipinski definition) is 4. The first-order valence-electron chi connectivity index (χ1n) is 4.55. The molecule has 0 aliphatic carbocycles. The summed E-state index contributed by atoms with van der Waals surface area (Å²) >= 11 is 0. The van der Waals surface area contributed by atoms with E-state index in [1.165, 1.54) is 0 Å². The Balaban J connectivity index is 2.68. The van der Waals surface area contributed by atoms with Crippen molar-refractivity contribution in [1.29, 1.82) is 0 Å². The predicted molar refractivity (Wildman–Crippen MR) is 48.9 cm³/mol. The summed E-state index contributed by atoms with van der Waals surface area (Å²) in [5.74, 6) is 0.618. The second kappa shape index (κ2) is 4.94. The molecular weight excluding hydrogens is 168 g/mol. The standard InChI is InChI=1S/C8H16N4O/c1-2-5-12-6-10-11-8(12)7(13)3-4-9/h6-7,13H,2-5,9H2,1H3/t7-/m0/s1. The highest BCUT2D eigenvalue weighted by molar-refractivity contribution is 4.90. The van der Waals surface area contributed by atoms with Gasteiger partial charge in [-0.1, -0.05) is 6.92 Å². The molecular formula is C8H16N4O. The van der Waals surface area contributed by atoms with Crippen molar-refractivity contribution in [3.05, 3.63) is 12.2 Å². The molecule has 74 valence electrons. The van der Waals surface area contributed by atoms with Gasteiger partial charge < -0.3 is 15.4 Å². The van der Waals surface area contributed by atoms with E-state index in [2.05, 4.69) is 17.1 Å². The van der Waals surface area contributed by atoms with Gasteiger partial charge >= 0.3 is 0 Å². The van der Waals surface area contributed by atoms with Gasteiger partial charge in [0.15, 0.2) is 5.82 Å². The van der Waals surface area contributed by atoms with E-state index in [-0.39, 0.29) is 0 Å². The fourth-order valence-corrected chi connectivity index (χ4v) is 1.22. The summed E-state index contributed by atoms with van der Waals surface area (Å²) in [6, 6.07) is 0. The predicted octanol–water partition coefficient (Wildman–Crippen LogP) is 0.0703. The zero-order valence-electron chi connectivity index (χ0n) is 7.85. The van der Waals surface area contributed by atoms with E-state index in [1.807, 2.05) is 4.57 Å². The van der Waals surface area contributed by atoms with Crippen molar-refractivity contribution >= 4 is 0 Å². The Morgan fingerprint density at radius 3 is 3.08 bits per heavy atom. The zero-order chi connectivity index (χ0) is 9.68. The van der Waals surface area contributed by atoms with Gasteiger partial charge in [0.2, 0.25) is 0 Å². The maximum atomic E-state index is 9.61. The van der Waals surface area contributed by atoms with Crippen molar-refractivity contribution in [3.8, 4) is 0 Å². The fraction of sp³-hybridized carbons (Fsp3) is 0.750. The number of aliphatic hydroxyl groups is 1. The van der Waals surface area contributed by atoms with E-state index in [4.69, 9.17) is 5.73 Å². The van der Waals surface area contributed by atoms with Crippen LogP contribution in [0, 0.1) is 0 Å². The summed E-state index contributed by atoms with van der Waals surface area (Å²) in [6.45, 7) is 3.36. The SMILES string of the molecule is CCCn1cnnc1[C@@H](O)CCN. The van der Waals surface area contributed by atoms with Crippen LogP contribution in [-0.2, 0) is 6.54 Å². The van der Waals surface area contributed by atoms with Crippen LogP contribution in [0.25, 0.3) is 0 Å². The van der Waals surface area contributed by atoms with Crippen molar-refractivity contribution < 1.29 is 5.11 Å². The van der Waals surface area contributed by atoms with Crippen LogP contribution >= 0.6 is 0 Å². The highest BCUT2D eigenvalue weighted by Gasteiger charge is 2.13. The van der Waals surface area contributed by atoms with Crippen LogP contribution in [0.4, 0.5) is 0 Å². The molecule has 0 spiro atoms. The quantitative estimate of drug-likeness (QED) is 0.679. The molecule has 0 unspecified atom stereocenters. The third-order valence-electron chi connectivity index (χ3n) is 1.85. The molecule has 1 aromatic heterocycles. The average molecular weight is 184 g/mol. The van der Waals surface area contributed by atoms with Crippen molar-refractivity contribution in [2.24, 2.45) is 5.73 Å². The van der Waals surface area contributed by atoms with Gasteiger partial charge in [0.05, 0.1) is 0 Å². The number of nitrogens with two attached hydrogens (primary N) is 1. The Bertz CT molecular complexity index is 248. The number of aromatic nitrogens is 3. The Morgan fingerprint density at radius 1 is 1.69 bits per heavy atom. The second-order valence-electron chi connectivity index (χ2n) is 2.98. The molecule has 0 aliphatic rings. The topological polar surface area (TPSA) is 77.0 Å². The fourth-order valence-electron chi connectivity index (χ4n) is 1.22. The van der Waals surface area contributed by atoms with Gasteiger partial charge in [0, 0.05) is 6.54 Å². The third kappa shape index (κ3) is 2.50. The van der Waals surface area contributed by atoms with E-state index in [0.29, 0.717) is 18.8 Å². The van der Waals surface area contributed by atoms with Crippen molar-refractivity contribution in [2.75, 3.05) is 6.54 Å². The Labute approximate surface area is 77.6 Å². The highest BCUT2D eigenvalue weighted by atomic mass is 16.3. The maximum Gasteiger partial charge on any atom is 0.161 e. The molecule has 1 aromatic rings. The molecule has 0 aliphatic heterocycles. The number of rotatable bonds is 5. The number of aryl methyl sites for hydroxylation is 1. The normalized spacial score (nSPS) is 13.2. The van der Waals surface area contributed by atoms with Crippen LogP contribution in [0.5, 0.6) is 0 Å². The minimum atomic E-state index is -0.584. The summed E-state index contributed by atoms with van der Waals surface area (Å²) < 4.78 is 1.86. The van der Waals surface area contributed by atoms with E-state index in [0.717, 1.165) is 13.0 Å². The van der Waals surface area contributed by atoms with E-state index < -0.39 is 6.10 Å². The lowest BCUT2D eigenvalue weighted by atomic mass is 10.2. The number of aliphatic hydroxyl groups excluding tert-OH is 1. The minimum Gasteiger partial charge on any atom is -0.385 e. The molecule has 0 radical (unpaired) electrons. The smallest absolute Gasteiger partial charge is 0.161 e. The molecule has 0 saturated heterocycles. The van der Waals surface area contributed by atoms with Crippen molar-refractivity contribution in [1.82, 2.24) is 14.8 Å². The summed E-state index contributed by atoms with van der Waals surface area (Å²) in [4.78, 5) is 0. The van der Waals surface area contributed by atoms with Crippen LogP contribution in [0.3, 0.4) is 0 Å². The molecule has 1 heterocycles. The van der Waals surface area contributed by atoms with Gasteiger partial charge in [0.1, 0.15) is 12.4 Å². The molecule has 13 heavy (non-hydrogen) atoms. The Hall–Kier alpha value is -0.940. The molecule has 0 saturated carbocycles. The van der Waals surface area contributed by atoms with Crippen LogP contribution in [0.15, 0.2) is 6.33 Å². The molecule has 1 rings (SSSR count). The second-order valence-corrected chi connectivity index (χ2v) is 2.98. The van der Waals surface area contributed by atoms with Gasteiger partial charge in [-0.2, -0.15) is 0 Å². The summed E-state index contributed by atoms with van der Waals surface area (Å²) in [6.07, 6.45) is 2.58. The van der Waals surface area contributed by atoms with Crippen LogP contribution in [-0.4, -0.2) is 26.4 Å². The van der Waals surface area contributed by atoms with Gasteiger partial charge in [0.25, 0.3) is 0 Å². The zero-order valence-corrected chi connectivity index (χ0v) is 7.85. The summed E-state index contributed by atoms with van der Waals surface area (Å²) in [5.41, 5.74) is 5.34. The lowest BCUT2D eigenvalue weighted by Crippen LogP contribution is -2.12. The van der Waals surface area contributed by atoms with E-state index in [9.17, 15) is 5.11 Å². The molecule has 0 bridgehead atoms. The Kier molecular flexibility index (Phi) is 3.85. The van der Waals surface area contributed by atoms with Crippen LogP contribution in [0.1, 0.15) is 31.7 Å². The van der Waals surface area contributed by atoms with Gasteiger partial charge in [-0.15, -0.1) is 10.2 Å². The molecule has 0 amide bonds. The van der Waals surface area contributed by atoms with Crippen molar-refractivity contribution in [3.63, 3.8) is 0 Å². The Morgan fingerprint density at radius 2 is 2.46 bits per heavy atom. The van der Waals surface area contributed by atoms with E-state index in [1.54, 1.807) is 6.33 Å². The van der Waals surface area contributed by atoms with Crippen molar-refractivity contribution in [2.45, 2.75) is 32.4 Å². The van der Waals surface area contributed by atoms with Crippen LogP contribution < -0.4 is 5.73 Å². The highest BCUT2D eigenvalue weighted by Crippen LogP contribution is 2.12. The summed E-state index contributed by atoms with van der Waals surface area (Å²) in [5, 5.41) is 17.2. The molecule has 3 N–H and O–H groups in total. The van der Waals surface area contributed by atoms with Crippen LogP contribution in [0.2, 0.25) is 0 Å². The summed E-state index contributed by atoms with van der Waals surface area (Å²) in [7, 11) is 0. The van der Waals surface area contributed by atoms with Gasteiger partial charge in [-0.25, -0.2) is 0 Å². The van der Waals surface area contributed by atoms with Gasteiger partial charge in [-0.05, 0) is 19.4 Å². The molecule has 0 aromatic carbocycles. The first-order chi connectivity index (χ1) is 6.29. The number of hydrogen-bond donors (Lipinski definition) is 2.